The highest BCUT2D eigenvalue weighted by atomic mass is 16.2. The smallest absolute Gasteiger partial charge is 0.239 e. The number of nitrogens with one attached hydrogen (secondary N) is 1. The Kier molecular flexibility index (Phi) is 4.66. The molecule has 0 bridgehead atoms. The Balaban J connectivity index is 1.91. The van der Waals surface area contributed by atoms with Gasteiger partial charge in [-0.05, 0) is 44.1 Å². The summed E-state index contributed by atoms with van der Waals surface area (Å²) in [7, 11) is 2.01. The van der Waals surface area contributed by atoms with E-state index in [2.05, 4.69) is 19.2 Å². The van der Waals surface area contributed by atoms with Gasteiger partial charge in [0, 0.05) is 13.1 Å². The van der Waals surface area contributed by atoms with Gasteiger partial charge in [-0.15, -0.1) is 0 Å². The molecule has 0 spiro atoms. The molecule has 0 radical (unpaired) electrons. The molecule has 0 aromatic heterocycles. The molecular formula is C15H28N2O. The number of likely N-dealkylation sites (N-methyl/N-ethyl adjacent to an activating group) is 1. The maximum absolute atomic E-state index is 12.5. The van der Waals surface area contributed by atoms with Gasteiger partial charge in [-0.3, -0.25) is 4.79 Å². The van der Waals surface area contributed by atoms with Gasteiger partial charge in [0.2, 0.25) is 5.91 Å². The van der Waals surface area contributed by atoms with E-state index in [-0.39, 0.29) is 6.04 Å². The van der Waals surface area contributed by atoms with Crippen molar-refractivity contribution in [1.82, 2.24) is 10.2 Å². The summed E-state index contributed by atoms with van der Waals surface area (Å²) in [6, 6.07) is 0.538. The fourth-order valence-electron chi connectivity index (χ4n) is 3.48. The molecule has 18 heavy (non-hydrogen) atoms. The molecule has 2 aliphatic rings. The Morgan fingerprint density at radius 1 is 1.11 bits per heavy atom. The lowest BCUT2D eigenvalue weighted by molar-refractivity contribution is -0.136. The zero-order valence-corrected chi connectivity index (χ0v) is 12.1. The van der Waals surface area contributed by atoms with Gasteiger partial charge >= 0.3 is 0 Å². The first-order valence-electron chi connectivity index (χ1n) is 7.58. The number of rotatable bonds is 2. The first-order chi connectivity index (χ1) is 8.58. The maximum atomic E-state index is 12.5. The van der Waals surface area contributed by atoms with Gasteiger partial charge in [-0.2, -0.15) is 0 Å². The lowest BCUT2D eigenvalue weighted by atomic mass is 9.85. The van der Waals surface area contributed by atoms with Crippen molar-refractivity contribution in [1.29, 1.82) is 0 Å². The van der Waals surface area contributed by atoms with E-state index in [4.69, 9.17) is 0 Å². The minimum absolute atomic E-state index is 0.0657. The van der Waals surface area contributed by atoms with Gasteiger partial charge in [-0.25, -0.2) is 0 Å². The molecule has 4 unspecified atom stereocenters. The van der Waals surface area contributed by atoms with Crippen molar-refractivity contribution in [2.75, 3.05) is 13.6 Å². The molecule has 2 fully saturated rings. The molecule has 0 aromatic rings. The molecule has 1 aliphatic carbocycles. The lowest BCUT2D eigenvalue weighted by Gasteiger charge is -2.37. The average Bonchev–Trinajstić information content (AvgIpc) is 2.37. The predicted octanol–water partition coefficient (Wildman–Crippen LogP) is 2.41. The van der Waals surface area contributed by atoms with E-state index in [1.807, 2.05) is 11.9 Å². The van der Waals surface area contributed by atoms with E-state index >= 15 is 0 Å². The van der Waals surface area contributed by atoms with Crippen LogP contribution in [0.3, 0.4) is 0 Å². The molecule has 1 saturated heterocycles. The molecule has 3 heteroatoms. The van der Waals surface area contributed by atoms with E-state index in [0.717, 1.165) is 18.9 Å². The molecular weight excluding hydrogens is 224 g/mol. The van der Waals surface area contributed by atoms with Crippen molar-refractivity contribution in [3.8, 4) is 0 Å². The van der Waals surface area contributed by atoms with Crippen molar-refractivity contribution in [3.05, 3.63) is 0 Å². The summed E-state index contributed by atoms with van der Waals surface area (Å²) in [6.07, 6.45) is 7.19. The standard InChI is InChI=1S/C15H28N2O/c1-11-5-4-6-13(9-11)17(3)15(18)14-10-12(2)7-8-16-14/h11-14,16H,4-10H2,1-3H3. The summed E-state index contributed by atoms with van der Waals surface area (Å²) in [5.41, 5.74) is 0. The second-order valence-electron chi connectivity index (χ2n) is 6.51. The van der Waals surface area contributed by atoms with Gasteiger partial charge in [0.1, 0.15) is 0 Å². The van der Waals surface area contributed by atoms with Crippen LogP contribution in [0.5, 0.6) is 0 Å². The average molecular weight is 252 g/mol. The quantitative estimate of drug-likeness (QED) is 0.818. The molecule has 1 saturated carbocycles. The zero-order chi connectivity index (χ0) is 13.1. The van der Waals surface area contributed by atoms with Crippen LogP contribution in [0.1, 0.15) is 52.4 Å². The Labute approximate surface area is 111 Å². The van der Waals surface area contributed by atoms with Gasteiger partial charge in [0.25, 0.3) is 0 Å². The number of amides is 1. The predicted molar refractivity (Wildman–Crippen MR) is 74.4 cm³/mol. The normalized spacial score (nSPS) is 37.3. The van der Waals surface area contributed by atoms with Crippen molar-refractivity contribution >= 4 is 5.91 Å². The Hall–Kier alpha value is -0.570. The molecule has 1 aliphatic heterocycles. The van der Waals surface area contributed by atoms with Crippen molar-refractivity contribution in [3.63, 3.8) is 0 Å². The Morgan fingerprint density at radius 3 is 2.50 bits per heavy atom. The topological polar surface area (TPSA) is 32.3 Å². The van der Waals surface area contributed by atoms with Crippen LogP contribution in [0, 0.1) is 11.8 Å². The number of hydrogen-bond acceptors (Lipinski definition) is 2. The molecule has 3 nitrogen and oxygen atoms in total. The second kappa shape index (κ2) is 6.05. The number of carbonyl (C=O) groups is 1. The molecule has 4 atom stereocenters. The summed E-state index contributed by atoms with van der Waals surface area (Å²) in [6.45, 7) is 5.56. The fourth-order valence-corrected chi connectivity index (χ4v) is 3.48. The van der Waals surface area contributed by atoms with Gasteiger partial charge in [0.05, 0.1) is 6.04 Å². The fraction of sp³-hybridized carbons (Fsp3) is 0.933. The summed E-state index contributed by atoms with van der Waals surface area (Å²) < 4.78 is 0. The Morgan fingerprint density at radius 2 is 1.83 bits per heavy atom. The third kappa shape index (κ3) is 3.25. The van der Waals surface area contributed by atoms with Crippen LogP contribution in [-0.2, 0) is 4.79 Å². The lowest BCUT2D eigenvalue weighted by Crippen LogP contribution is -2.52. The maximum Gasteiger partial charge on any atom is 0.239 e. The number of nitrogens with zero attached hydrogens (tertiary/aromatic N) is 1. The molecule has 2 rings (SSSR count). The highest BCUT2D eigenvalue weighted by Crippen LogP contribution is 2.27. The van der Waals surface area contributed by atoms with E-state index in [9.17, 15) is 4.79 Å². The highest BCUT2D eigenvalue weighted by Gasteiger charge is 2.31. The summed E-state index contributed by atoms with van der Waals surface area (Å²) in [5.74, 6) is 1.77. The third-order valence-electron chi connectivity index (χ3n) is 4.77. The highest BCUT2D eigenvalue weighted by molar-refractivity contribution is 5.82. The number of hydrogen-bond donors (Lipinski definition) is 1. The van der Waals surface area contributed by atoms with Gasteiger partial charge in [0.15, 0.2) is 0 Å². The van der Waals surface area contributed by atoms with Crippen LogP contribution in [0.25, 0.3) is 0 Å². The largest absolute Gasteiger partial charge is 0.341 e. The first kappa shape index (κ1) is 13.9. The van der Waals surface area contributed by atoms with Crippen molar-refractivity contribution in [2.24, 2.45) is 11.8 Å². The first-order valence-corrected chi connectivity index (χ1v) is 7.58. The third-order valence-corrected chi connectivity index (χ3v) is 4.77. The SMILES string of the molecule is CC1CCNC(C(=O)N(C)C2CCCC(C)C2)C1. The molecule has 0 aromatic carbocycles. The summed E-state index contributed by atoms with van der Waals surface area (Å²) in [5, 5.41) is 3.39. The molecule has 104 valence electrons. The van der Waals surface area contributed by atoms with Crippen LogP contribution in [0.2, 0.25) is 0 Å². The van der Waals surface area contributed by atoms with Crippen LogP contribution in [-0.4, -0.2) is 36.5 Å². The second-order valence-corrected chi connectivity index (χ2v) is 6.51. The number of piperidine rings is 1. The molecule has 1 heterocycles. The summed E-state index contributed by atoms with van der Waals surface area (Å²) >= 11 is 0. The van der Waals surface area contributed by atoms with E-state index in [1.165, 1.54) is 32.1 Å². The van der Waals surface area contributed by atoms with Crippen LogP contribution < -0.4 is 5.32 Å². The minimum atomic E-state index is 0.0657. The zero-order valence-electron chi connectivity index (χ0n) is 12.1. The van der Waals surface area contributed by atoms with Crippen molar-refractivity contribution < 1.29 is 4.79 Å². The van der Waals surface area contributed by atoms with Gasteiger partial charge < -0.3 is 10.2 Å². The molecule has 1 amide bonds. The van der Waals surface area contributed by atoms with E-state index in [0.29, 0.717) is 17.9 Å². The molecule has 1 N–H and O–H groups in total. The monoisotopic (exact) mass is 252 g/mol. The van der Waals surface area contributed by atoms with Crippen molar-refractivity contribution in [2.45, 2.75) is 64.5 Å². The van der Waals surface area contributed by atoms with Crippen LogP contribution in [0.4, 0.5) is 0 Å². The Bertz CT molecular complexity index is 292. The van der Waals surface area contributed by atoms with Gasteiger partial charge in [-0.1, -0.05) is 26.7 Å². The van der Waals surface area contributed by atoms with Crippen LogP contribution >= 0.6 is 0 Å². The minimum Gasteiger partial charge on any atom is -0.341 e. The van der Waals surface area contributed by atoms with E-state index < -0.39 is 0 Å². The summed E-state index contributed by atoms with van der Waals surface area (Å²) in [4.78, 5) is 14.5. The van der Waals surface area contributed by atoms with E-state index in [1.54, 1.807) is 0 Å². The van der Waals surface area contributed by atoms with Crippen LogP contribution in [0.15, 0.2) is 0 Å². The number of carbonyl (C=O) groups excluding carboxylic acids is 1.